The normalized spacial score (nSPS) is 29.9. The number of fused-ring (bicyclic) bond motifs is 2. The topological polar surface area (TPSA) is 94.2 Å². The van der Waals surface area contributed by atoms with Crippen LogP contribution >= 0.6 is 0 Å². The van der Waals surface area contributed by atoms with Crippen LogP contribution in [0.25, 0.3) is 0 Å². The Balaban J connectivity index is 1.51. The van der Waals surface area contributed by atoms with E-state index in [9.17, 15) is 14.4 Å². The van der Waals surface area contributed by atoms with Crippen molar-refractivity contribution in [3.8, 4) is 11.5 Å². The van der Waals surface area contributed by atoms with E-state index in [2.05, 4.69) is 5.32 Å². The molecule has 0 radical (unpaired) electrons. The molecule has 3 fully saturated rings. The molecule has 5 atom stereocenters. The number of halogens is 2. The van der Waals surface area contributed by atoms with Crippen molar-refractivity contribution >= 4 is 17.8 Å². The van der Waals surface area contributed by atoms with E-state index >= 15 is 8.87 Å². The third kappa shape index (κ3) is 6.16. The highest BCUT2D eigenvalue weighted by Gasteiger charge is 2.53. The van der Waals surface area contributed by atoms with Crippen LogP contribution in [0.4, 0.5) is 8.87 Å². The second-order valence-electron chi connectivity index (χ2n) is 13.4. The van der Waals surface area contributed by atoms with Gasteiger partial charge in [-0.25, -0.2) is 4.39 Å². The summed E-state index contributed by atoms with van der Waals surface area (Å²) in [5.41, 5.74) is -0.977. The largest absolute Gasteiger partial charge is 0.496 e. The number of esters is 1. The summed E-state index contributed by atoms with van der Waals surface area (Å²) in [6.45, 7) is 9.17. The molecule has 2 bridgehead atoms. The third-order valence-electron chi connectivity index (χ3n) is 9.81. The number of nitrogens with zero attached hydrogens (tertiary/aromatic N) is 1. The van der Waals surface area contributed by atoms with Crippen molar-refractivity contribution < 1.29 is 37.5 Å². The van der Waals surface area contributed by atoms with E-state index < -0.39 is 46.5 Å². The molecule has 0 heterocycles. The van der Waals surface area contributed by atoms with Crippen molar-refractivity contribution in [2.75, 3.05) is 14.2 Å². The minimum atomic E-state index is -0.670. The highest BCUT2D eigenvalue weighted by Crippen LogP contribution is 2.50. The first-order valence-electron chi connectivity index (χ1n) is 14.6. The van der Waals surface area contributed by atoms with Gasteiger partial charge in [0.15, 0.2) is 11.6 Å². The Kier molecular flexibility index (Phi) is 8.90. The van der Waals surface area contributed by atoms with E-state index in [1.807, 2.05) is 27.7 Å². The van der Waals surface area contributed by atoms with Gasteiger partial charge < -0.3 is 19.5 Å². The lowest BCUT2D eigenvalue weighted by Gasteiger charge is -2.37. The van der Waals surface area contributed by atoms with Crippen LogP contribution in [-0.4, -0.2) is 55.3 Å². The maximum absolute atomic E-state index is 15.3. The zero-order chi connectivity index (χ0) is 30.3. The smallest absolute Gasteiger partial charge is 0.311 e. The summed E-state index contributed by atoms with van der Waals surface area (Å²) in [6.07, 6.45) is 4.21. The Labute approximate surface area is 241 Å². The van der Waals surface area contributed by atoms with Crippen molar-refractivity contribution in [3.63, 3.8) is 0 Å². The minimum absolute atomic E-state index is 0.000738. The van der Waals surface area contributed by atoms with Crippen LogP contribution in [0.3, 0.4) is 0 Å². The first kappa shape index (κ1) is 31.0. The summed E-state index contributed by atoms with van der Waals surface area (Å²) in [5.74, 6) is -2.73. The fraction of sp³-hybridized carbons (Fsp3) is 0.710. The summed E-state index contributed by atoms with van der Waals surface area (Å²) in [5, 5.41) is 3.32. The molecular weight excluding hydrogens is 534 g/mol. The molecule has 228 valence electrons. The van der Waals surface area contributed by atoms with Crippen LogP contribution in [0.1, 0.15) is 89.9 Å². The quantitative estimate of drug-likeness (QED) is 0.318. The van der Waals surface area contributed by atoms with Crippen LogP contribution in [0.15, 0.2) is 12.1 Å². The van der Waals surface area contributed by atoms with Gasteiger partial charge in [-0.05, 0) is 82.1 Å². The van der Waals surface area contributed by atoms with Gasteiger partial charge in [0.2, 0.25) is 0 Å². The Morgan fingerprint density at radius 2 is 1.68 bits per heavy atom. The summed E-state index contributed by atoms with van der Waals surface area (Å²) in [6, 6.07) is 1.27. The first-order valence-corrected chi connectivity index (χ1v) is 14.6. The molecule has 0 unspecified atom stereocenters. The molecule has 10 heteroatoms. The lowest BCUT2D eigenvalue weighted by atomic mass is 9.75. The zero-order valence-electron chi connectivity index (χ0n) is 25.2. The maximum Gasteiger partial charge on any atom is 0.311 e. The van der Waals surface area contributed by atoms with Crippen LogP contribution < -0.4 is 14.8 Å². The molecule has 3 saturated carbocycles. The predicted octanol–water partition coefficient (Wildman–Crippen LogP) is 5.63. The Hall–Kier alpha value is -2.91. The van der Waals surface area contributed by atoms with Crippen LogP contribution in [0.2, 0.25) is 0 Å². The lowest BCUT2D eigenvalue weighted by molar-refractivity contribution is -0.164. The van der Waals surface area contributed by atoms with Gasteiger partial charge in [-0.3, -0.25) is 14.4 Å². The summed E-state index contributed by atoms with van der Waals surface area (Å²) >= 11 is 0. The number of methoxy groups -OCH3 is 2. The molecule has 3 aliphatic rings. The minimum Gasteiger partial charge on any atom is -0.496 e. The van der Waals surface area contributed by atoms with Gasteiger partial charge in [0.25, 0.3) is 11.8 Å². The Morgan fingerprint density at radius 3 is 2.27 bits per heavy atom. The Morgan fingerprint density at radius 1 is 1.05 bits per heavy atom. The third-order valence-corrected chi connectivity index (χ3v) is 9.81. The molecule has 3 aliphatic carbocycles. The number of carbonyl (C=O) groups excluding carboxylic acids is 3. The molecule has 1 aromatic rings. The van der Waals surface area contributed by atoms with Crippen LogP contribution in [0.5, 0.6) is 11.5 Å². The van der Waals surface area contributed by atoms with Gasteiger partial charge in [0, 0.05) is 12.1 Å². The van der Waals surface area contributed by atoms with Crippen molar-refractivity contribution in [2.45, 2.75) is 97.8 Å². The van der Waals surface area contributed by atoms with E-state index in [0.29, 0.717) is 30.8 Å². The van der Waals surface area contributed by atoms with Crippen molar-refractivity contribution in [1.82, 2.24) is 10.4 Å². The number of hydrogen-bond donors (Lipinski definition) is 1. The molecule has 0 spiro atoms. The lowest BCUT2D eigenvalue weighted by Crippen LogP contribution is -2.52. The number of benzene rings is 1. The second-order valence-corrected chi connectivity index (χ2v) is 13.4. The van der Waals surface area contributed by atoms with Gasteiger partial charge >= 0.3 is 5.97 Å². The Bertz CT molecular complexity index is 1160. The van der Waals surface area contributed by atoms with E-state index in [4.69, 9.17) is 14.2 Å². The molecule has 2 amide bonds. The summed E-state index contributed by atoms with van der Waals surface area (Å²) in [4.78, 5) is 39.1. The molecule has 8 nitrogen and oxygen atoms in total. The van der Waals surface area contributed by atoms with Crippen molar-refractivity contribution in [2.24, 2.45) is 28.6 Å². The molecule has 0 aromatic heterocycles. The van der Waals surface area contributed by atoms with Gasteiger partial charge in [0.05, 0.1) is 43.3 Å². The second kappa shape index (κ2) is 11.8. The number of carbonyl (C=O) groups is 3. The van der Waals surface area contributed by atoms with E-state index in [1.165, 1.54) is 20.3 Å². The molecule has 1 aromatic carbocycles. The molecule has 4 rings (SSSR count). The number of hydrogen-bond acceptors (Lipinski definition) is 6. The first-order chi connectivity index (χ1) is 19.2. The fourth-order valence-electron chi connectivity index (χ4n) is 6.70. The van der Waals surface area contributed by atoms with E-state index in [0.717, 1.165) is 25.3 Å². The molecule has 1 N–H and O–H groups in total. The van der Waals surface area contributed by atoms with Gasteiger partial charge in [-0.1, -0.05) is 25.3 Å². The zero-order valence-corrected chi connectivity index (χ0v) is 25.2. The molecule has 0 aliphatic heterocycles. The molecular formula is C31H44F2N2O6. The maximum atomic E-state index is 15.3. The van der Waals surface area contributed by atoms with Gasteiger partial charge in [0.1, 0.15) is 5.75 Å². The van der Waals surface area contributed by atoms with E-state index in [-0.39, 0.29) is 41.0 Å². The predicted molar refractivity (Wildman–Crippen MR) is 148 cm³/mol. The average molecular weight is 579 g/mol. The standard InChI is InChI=1S/C31H44F2N2O6/c1-17(30(2,3)4)35(33)28(37)25-18-8-9-19(14-18)26(25)34-27(36)21-15-24(22(32)16-23(21)39-6)41-20-10-12-31(5,13-11-20)29(38)40-7/h15-20,25-26H,8-14H2,1-7H3,(H,34,36)/t17-,18+,19-,20?,25-,26+,31?/m0/s1. The number of ether oxygens (including phenoxy) is 3. The molecule has 41 heavy (non-hydrogen) atoms. The SMILES string of the molecule is COC(=O)C1(C)CCC(Oc2cc(C(=O)N[C@@H]3[C@H]4CC[C@H](C4)[C@@H]3C(=O)N(F)[C@@H](C)C(C)(C)C)c(OC)cc2F)CC1. The van der Waals surface area contributed by atoms with Gasteiger partial charge in [-0.15, -0.1) is 0 Å². The number of nitrogens with one attached hydrogen (secondary N) is 1. The van der Waals surface area contributed by atoms with Gasteiger partial charge in [-0.2, -0.15) is 5.12 Å². The van der Waals surface area contributed by atoms with Crippen LogP contribution in [-0.2, 0) is 14.3 Å². The summed E-state index contributed by atoms with van der Waals surface area (Å²) < 4.78 is 46.6. The number of amides is 2. The van der Waals surface area contributed by atoms with Crippen molar-refractivity contribution in [3.05, 3.63) is 23.5 Å². The van der Waals surface area contributed by atoms with Crippen molar-refractivity contribution in [1.29, 1.82) is 0 Å². The monoisotopic (exact) mass is 578 g/mol. The fourth-order valence-corrected chi connectivity index (χ4v) is 6.70. The highest BCUT2D eigenvalue weighted by molar-refractivity contribution is 5.98. The summed E-state index contributed by atoms with van der Waals surface area (Å²) in [7, 11) is 2.71. The number of rotatable bonds is 8. The van der Waals surface area contributed by atoms with E-state index in [1.54, 1.807) is 6.92 Å². The highest BCUT2D eigenvalue weighted by atomic mass is 19.2. The average Bonchev–Trinajstić information content (AvgIpc) is 3.55. The van der Waals surface area contributed by atoms with Crippen LogP contribution in [0, 0.1) is 34.4 Å². The molecule has 0 saturated heterocycles.